The van der Waals surface area contributed by atoms with Gasteiger partial charge in [-0.15, -0.1) is 0 Å². The van der Waals surface area contributed by atoms with E-state index < -0.39 is 0 Å². The van der Waals surface area contributed by atoms with Crippen LogP contribution in [0.15, 0.2) is 69.6 Å². The average molecular weight is 423 g/mol. The van der Waals surface area contributed by atoms with E-state index in [-0.39, 0.29) is 5.41 Å². The smallest absolute Gasteiger partial charge is 0.142 e. The fraction of sp³-hybridized carbons (Fsp3) is 0.120. The predicted octanol–water partition coefficient (Wildman–Crippen LogP) is 6.60. The van der Waals surface area contributed by atoms with Gasteiger partial charge in [-0.2, -0.15) is 0 Å². The van der Waals surface area contributed by atoms with Crippen LogP contribution in [-0.4, -0.2) is 7.85 Å². The Bertz CT molecular complexity index is 1460. The van der Waals surface area contributed by atoms with Crippen LogP contribution >= 0.6 is 15.9 Å². The lowest BCUT2D eigenvalue weighted by Gasteiger charge is -2.22. The van der Waals surface area contributed by atoms with Crippen LogP contribution in [0.4, 0.5) is 0 Å². The molecule has 0 aliphatic heterocycles. The number of hydrogen-bond donors (Lipinski definition) is 0. The third-order valence-corrected chi connectivity index (χ3v) is 6.93. The van der Waals surface area contributed by atoms with E-state index >= 15 is 0 Å². The zero-order valence-electron chi connectivity index (χ0n) is 15.6. The number of halogens is 1. The molecule has 1 heterocycles. The lowest BCUT2D eigenvalue weighted by Crippen LogP contribution is -2.18. The van der Waals surface area contributed by atoms with Gasteiger partial charge in [-0.3, -0.25) is 0 Å². The summed E-state index contributed by atoms with van der Waals surface area (Å²) in [5.41, 5.74) is 7.39. The summed E-state index contributed by atoms with van der Waals surface area (Å²) in [4.78, 5) is 0. The van der Waals surface area contributed by atoms with Crippen molar-refractivity contribution in [3.8, 4) is 11.1 Å². The first kappa shape index (κ1) is 16.4. The Morgan fingerprint density at radius 3 is 2.25 bits per heavy atom. The minimum Gasteiger partial charge on any atom is -0.455 e. The van der Waals surface area contributed by atoms with Gasteiger partial charge < -0.3 is 4.42 Å². The van der Waals surface area contributed by atoms with Crippen molar-refractivity contribution in [3.05, 3.63) is 76.3 Å². The van der Waals surface area contributed by atoms with E-state index in [1.807, 2.05) is 18.2 Å². The van der Waals surface area contributed by atoms with Crippen LogP contribution in [0, 0.1) is 0 Å². The Morgan fingerprint density at radius 1 is 0.821 bits per heavy atom. The van der Waals surface area contributed by atoms with E-state index in [1.165, 1.54) is 33.0 Å². The molecule has 0 saturated heterocycles. The lowest BCUT2D eigenvalue weighted by atomic mass is 9.79. The van der Waals surface area contributed by atoms with E-state index in [0.717, 1.165) is 31.9 Å². The highest BCUT2D eigenvalue weighted by Gasteiger charge is 2.39. The Labute approximate surface area is 172 Å². The molecule has 0 amide bonds. The molecular formula is C25H16BBrO. The van der Waals surface area contributed by atoms with Gasteiger partial charge in [-0.25, -0.2) is 0 Å². The Morgan fingerprint density at radius 2 is 1.46 bits per heavy atom. The Kier molecular flexibility index (Phi) is 3.11. The molecule has 0 N–H and O–H groups in total. The molecule has 28 heavy (non-hydrogen) atoms. The highest BCUT2D eigenvalue weighted by Crippen LogP contribution is 2.55. The maximum absolute atomic E-state index is 6.57. The molecule has 0 bridgehead atoms. The van der Waals surface area contributed by atoms with Crippen LogP contribution in [0.1, 0.15) is 25.0 Å². The molecule has 0 spiro atoms. The first-order chi connectivity index (χ1) is 13.5. The third kappa shape index (κ3) is 1.88. The summed E-state index contributed by atoms with van der Waals surface area (Å²) in [5.74, 6) is 0. The summed E-state index contributed by atoms with van der Waals surface area (Å²) in [7, 11) is 6.57. The van der Waals surface area contributed by atoms with Gasteiger partial charge in [-0.1, -0.05) is 83.8 Å². The predicted molar refractivity (Wildman–Crippen MR) is 122 cm³/mol. The zero-order valence-corrected chi connectivity index (χ0v) is 17.2. The molecule has 1 aliphatic rings. The monoisotopic (exact) mass is 422 g/mol. The van der Waals surface area contributed by atoms with Crippen molar-refractivity contribution in [1.82, 2.24) is 0 Å². The topological polar surface area (TPSA) is 13.1 Å². The number of furan rings is 1. The maximum Gasteiger partial charge on any atom is 0.142 e. The first-order valence-electron chi connectivity index (χ1n) is 9.45. The summed E-state index contributed by atoms with van der Waals surface area (Å²) < 4.78 is 7.54. The average Bonchev–Trinajstić information content (AvgIpc) is 3.17. The number of rotatable bonds is 0. The maximum atomic E-state index is 6.57. The largest absolute Gasteiger partial charge is 0.455 e. The highest BCUT2D eigenvalue weighted by atomic mass is 79.9. The molecule has 1 nitrogen and oxygen atoms in total. The molecule has 4 aromatic carbocycles. The molecule has 0 atom stereocenters. The number of fused-ring (bicyclic) bond motifs is 9. The third-order valence-electron chi connectivity index (χ3n) is 6.27. The van der Waals surface area contributed by atoms with Crippen molar-refractivity contribution < 1.29 is 4.42 Å². The van der Waals surface area contributed by atoms with E-state index in [4.69, 9.17) is 12.3 Å². The van der Waals surface area contributed by atoms with Crippen LogP contribution < -0.4 is 5.46 Å². The molecule has 0 saturated carbocycles. The van der Waals surface area contributed by atoms with E-state index in [9.17, 15) is 0 Å². The summed E-state index contributed by atoms with van der Waals surface area (Å²) in [5, 5.41) is 4.55. The van der Waals surface area contributed by atoms with Gasteiger partial charge in [0.15, 0.2) is 0 Å². The minimum absolute atomic E-state index is 0.154. The Balaban J connectivity index is 1.90. The summed E-state index contributed by atoms with van der Waals surface area (Å²) >= 11 is 3.79. The van der Waals surface area contributed by atoms with Crippen molar-refractivity contribution >= 4 is 61.9 Å². The fourth-order valence-electron chi connectivity index (χ4n) is 4.91. The first-order valence-corrected chi connectivity index (χ1v) is 10.2. The quantitative estimate of drug-likeness (QED) is 0.256. The standard InChI is InChI=1S/C25H16BBrO/c1-25(2)16-11-18(26)22-15-9-5-6-10-20(15)28-24(22)23(16)21-14-8-4-3-7-13(14)19(27)12-17(21)25/h3-12H,1-2H3. The molecule has 2 radical (unpaired) electrons. The summed E-state index contributed by atoms with van der Waals surface area (Å²) in [6.45, 7) is 4.54. The Hall–Kier alpha value is -2.52. The molecule has 1 aliphatic carbocycles. The molecule has 3 heteroatoms. The van der Waals surface area contributed by atoms with Gasteiger partial charge in [-0.05, 0) is 39.6 Å². The van der Waals surface area contributed by atoms with Crippen LogP contribution in [0.3, 0.4) is 0 Å². The number of benzene rings is 4. The van der Waals surface area contributed by atoms with E-state index in [2.05, 4.69) is 72.2 Å². The van der Waals surface area contributed by atoms with Crippen molar-refractivity contribution in [2.45, 2.75) is 19.3 Å². The van der Waals surface area contributed by atoms with E-state index in [0.29, 0.717) is 0 Å². The van der Waals surface area contributed by atoms with Gasteiger partial charge in [0, 0.05) is 26.2 Å². The normalized spacial score (nSPS) is 14.7. The molecule has 6 rings (SSSR count). The molecule has 1 aromatic heterocycles. The SMILES string of the molecule is [B]c1cc2c(c3oc4ccccc4c13)-c1c(cc(Br)c3ccccc13)C2(C)C. The van der Waals surface area contributed by atoms with Gasteiger partial charge in [0.05, 0.1) is 0 Å². The molecule has 5 aromatic rings. The number of para-hydroxylation sites is 1. The molecule has 0 fully saturated rings. The van der Waals surface area contributed by atoms with Crippen molar-refractivity contribution in [2.75, 3.05) is 0 Å². The van der Waals surface area contributed by atoms with Crippen molar-refractivity contribution in [1.29, 1.82) is 0 Å². The van der Waals surface area contributed by atoms with Crippen LogP contribution in [0.5, 0.6) is 0 Å². The second-order valence-electron chi connectivity index (χ2n) is 8.14. The second kappa shape index (κ2) is 5.30. The molecule has 0 unspecified atom stereocenters. The van der Waals surface area contributed by atoms with Crippen LogP contribution in [0.2, 0.25) is 0 Å². The van der Waals surface area contributed by atoms with E-state index in [1.54, 1.807) is 0 Å². The minimum atomic E-state index is -0.154. The zero-order chi connectivity index (χ0) is 19.2. The summed E-state index contributed by atoms with van der Waals surface area (Å²) in [6, 6.07) is 21.1. The summed E-state index contributed by atoms with van der Waals surface area (Å²) in [6.07, 6.45) is 0. The molecule has 132 valence electrons. The van der Waals surface area contributed by atoms with Crippen molar-refractivity contribution in [3.63, 3.8) is 0 Å². The molecular weight excluding hydrogens is 407 g/mol. The number of hydrogen-bond acceptors (Lipinski definition) is 1. The van der Waals surface area contributed by atoms with Crippen molar-refractivity contribution in [2.24, 2.45) is 0 Å². The lowest BCUT2D eigenvalue weighted by molar-refractivity contribution is 0.654. The van der Waals surface area contributed by atoms with Crippen LogP contribution in [-0.2, 0) is 5.41 Å². The fourth-order valence-corrected chi connectivity index (χ4v) is 5.48. The van der Waals surface area contributed by atoms with Crippen LogP contribution in [0.25, 0.3) is 43.8 Å². The van der Waals surface area contributed by atoms with Gasteiger partial charge in [0.25, 0.3) is 0 Å². The van der Waals surface area contributed by atoms with Gasteiger partial charge >= 0.3 is 0 Å². The second-order valence-corrected chi connectivity index (χ2v) is 9.00. The van der Waals surface area contributed by atoms with Gasteiger partial charge in [0.2, 0.25) is 0 Å². The van der Waals surface area contributed by atoms with Gasteiger partial charge in [0.1, 0.15) is 19.0 Å². The highest BCUT2D eigenvalue weighted by molar-refractivity contribution is 9.10.